The van der Waals surface area contributed by atoms with Gasteiger partial charge in [-0.1, -0.05) is 42.5 Å². The molecule has 0 radical (unpaired) electrons. The maximum absolute atomic E-state index is 12.8. The van der Waals surface area contributed by atoms with E-state index >= 15 is 0 Å². The molecule has 1 aromatic heterocycles. The zero-order valence-electron chi connectivity index (χ0n) is 20.4. The van der Waals surface area contributed by atoms with Gasteiger partial charge in [-0.25, -0.2) is 0 Å². The van der Waals surface area contributed by atoms with Gasteiger partial charge in [0.05, 0.1) is 17.8 Å². The third-order valence-electron chi connectivity index (χ3n) is 6.13. The summed E-state index contributed by atoms with van der Waals surface area (Å²) in [7, 11) is 0. The molecule has 0 aliphatic rings. The molecule has 5 rings (SSSR count). The minimum Gasteiger partial charge on any atom is -0.493 e. The lowest BCUT2D eigenvalue weighted by atomic mass is 9.97. The van der Waals surface area contributed by atoms with E-state index in [9.17, 15) is 14.9 Å². The van der Waals surface area contributed by atoms with E-state index in [1.807, 2.05) is 38.1 Å². The molecule has 0 fully saturated rings. The number of ether oxygens (including phenoxy) is 1. The molecule has 184 valence electrons. The number of anilines is 1. The molecule has 0 aliphatic carbocycles. The van der Waals surface area contributed by atoms with E-state index < -0.39 is 10.8 Å². The Morgan fingerprint density at radius 1 is 1.03 bits per heavy atom. The number of allylic oxidation sites excluding steroid dienone is 1. The largest absolute Gasteiger partial charge is 0.493 e. The van der Waals surface area contributed by atoms with E-state index in [4.69, 9.17) is 9.15 Å². The number of nitro groups is 1. The van der Waals surface area contributed by atoms with Gasteiger partial charge in [0.15, 0.2) is 0 Å². The fourth-order valence-corrected chi connectivity index (χ4v) is 4.37. The summed E-state index contributed by atoms with van der Waals surface area (Å²) in [6.07, 6.45) is 3.20. The van der Waals surface area contributed by atoms with Gasteiger partial charge in [-0.15, -0.1) is 0 Å². The van der Waals surface area contributed by atoms with Crippen molar-refractivity contribution in [3.8, 4) is 16.9 Å². The van der Waals surface area contributed by atoms with Crippen LogP contribution in [-0.4, -0.2) is 17.4 Å². The molecule has 37 heavy (non-hydrogen) atoms. The number of nitrogens with one attached hydrogen (secondary N) is 1. The number of hydrogen-bond acceptors (Lipinski definition) is 5. The number of nitrogens with zero attached hydrogens (tertiary/aromatic N) is 1. The molecule has 1 heterocycles. The van der Waals surface area contributed by atoms with Crippen LogP contribution in [-0.2, 0) is 4.79 Å². The Morgan fingerprint density at radius 3 is 2.62 bits per heavy atom. The predicted molar refractivity (Wildman–Crippen MR) is 146 cm³/mol. The van der Waals surface area contributed by atoms with Gasteiger partial charge in [0.1, 0.15) is 11.3 Å². The molecule has 0 saturated carbocycles. The van der Waals surface area contributed by atoms with Gasteiger partial charge in [0.25, 0.3) is 5.69 Å². The van der Waals surface area contributed by atoms with E-state index in [0.717, 1.165) is 32.8 Å². The molecular formula is C30H24N2O5. The number of hydrogen-bond donors (Lipinski definition) is 1. The van der Waals surface area contributed by atoms with Crippen LogP contribution in [0.3, 0.4) is 0 Å². The standard InChI is InChI=1S/C30H24N2O5/c1-3-36-28-17-29-26(27(18-37-29)22-12-11-20-7-4-5-8-21(20)14-22)16-25(28)19(2)13-30(33)31-23-9-6-10-24(15-23)32(34)35/h4-18H,3H2,1-2H3,(H,31,33)/b19-13+. The van der Waals surface area contributed by atoms with Gasteiger partial charge >= 0.3 is 0 Å². The predicted octanol–water partition coefficient (Wildman–Crippen LogP) is 7.60. The fraction of sp³-hybridized carbons (Fsp3) is 0.100. The van der Waals surface area contributed by atoms with E-state index in [1.54, 1.807) is 12.3 Å². The maximum Gasteiger partial charge on any atom is 0.271 e. The van der Waals surface area contributed by atoms with E-state index in [0.29, 0.717) is 29.2 Å². The molecule has 0 bridgehead atoms. The number of non-ortho nitro benzene ring substituents is 1. The first-order valence-corrected chi connectivity index (χ1v) is 11.8. The van der Waals surface area contributed by atoms with Crippen LogP contribution in [0.25, 0.3) is 38.4 Å². The van der Waals surface area contributed by atoms with Gasteiger partial charge in [-0.05, 0) is 54.0 Å². The number of fused-ring (bicyclic) bond motifs is 2. The Morgan fingerprint density at radius 2 is 1.84 bits per heavy atom. The highest BCUT2D eigenvalue weighted by molar-refractivity contribution is 6.05. The first-order chi connectivity index (χ1) is 17.9. The number of benzene rings is 4. The van der Waals surface area contributed by atoms with Crippen LogP contribution >= 0.6 is 0 Å². The lowest BCUT2D eigenvalue weighted by molar-refractivity contribution is -0.384. The number of carbonyl (C=O) groups excluding carboxylic acids is 1. The molecule has 0 unspecified atom stereocenters. The van der Waals surface area contributed by atoms with Crippen LogP contribution in [0.5, 0.6) is 5.75 Å². The molecule has 0 saturated heterocycles. The number of nitro benzene ring substituents is 1. The molecule has 7 nitrogen and oxygen atoms in total. The quantitative estimate of drug-likeness (QED) is 0.143. The molecule has 0 atom stereocenters. The Kier molecular flexibility index (Phi) is 6.43. The number of carbonyl (C=O) groups is 1. The summed E-state index contributed by atoms with van der Waals surface area (Å²) in [4.78, 5) is 23.3. The van der Waals surface area contributed by atoms with Crippen molar-refractivity contribution >= 4 is 44.6 Å². The Balaban J connectivity index is 1.52. The van der Waals surface area contributed by atoms with E-state index in [-0.39, 0.29) is 5.69 Å². The van der Waals surface area contributed by atoms with Gasteiger partial charge in [-0.2, -0.15) is 0 Å². The number of furan rings is 1. The average molecular weight is 493 g/mol. The van der Waals surface area contributed by atoms with Gasteiger partial charge in [0.2, 0.25) is 5.91 Å². The van der Waals surface area contributed by atoms with Crippen molar-refractivity contribution in [2.45, 2.75) is 13.8 Å². The number of amides is 1. The lowest BCUT2D eigenvalue weighted by Crippen LogP contribution is -2.09. The summed E-state index contributed by atoms with van der Waals surface area (Å²) in [6, 6.07) is 24.1. The third kappa shape index (κ3) is 4.92. The van der Waals surface area contributed by atoms with Crippen LogP contribution in [0.15, 0.2) is 95.6 Å². The molecular weight excluding hydrogens is 468 g/mol. The molecule has 5 aromatic rings. The van der Waals surface area contributed by atoms with Crippen molar-refractivity contribution in [3.05, 3.63) is 107 Å². The topological polar surface area (TPSA) is 94.6 Å². The summed E-state index contributed by atoms with van der Waals surface area (Å²) in [6.45, 7) is 4.17. The Bertz CT molecular complexity index is 1680. The minimum atomic E-state index is -0.502. The van der Waals surface area contributed by atoms with Crippen molar-refractivity contribution < 1.29 is 18.9 Å². The smallest absolute Gasteiger partial charge is 0.271 e. The van der Waals surface area contributed by atoms with E-state index in [1.165, 1.54) is 24.3 Å². The van der Waals surface area contributed by atoms with Crippen molar-refractivity contribution in [2.24, 2.45) is 0 Å². The van der Waals surface area contributed by atoms with Gasteiger partial charge < -0.3 is 14.5 Å². The Labute approximate surface area is 213 Å². The highest BCUT2D eigenvalue weighted by Gasteiger charge is 2.16. The molecule has 4 aromatic carbocycles. The lowest BCUT2D eigenvalue weighted by Gasteiger charge is -2.12. The summed E-state index contributed by atoms with van der Waals surface area (Å²) < 4.78 is 11.8. The minimum absolute atomic E-state index is 0.0937. The van der Waals surface area contributed by atoms with Crippen molar-refractivity contribution in [2.75, 3.05) is 11.9 Å². The zero-order chi connectivity index (χ0) is 25.9. The normalized spacial score (nSPS) is 11.6. The SMILES string of the molecule is CCOc1cc2occ(-c3ccc4ccccc4c3)c2cc1/C(C)=C/C(=O)Nc1cccc([N+](=O)[O-])c1. The van der Waals surface area contributed by atoms with Gasteiger partial charge in [0, 0.05) is 46.5 Å². The summed E-state index contributed by atoms with van der Waals surface area (Å²) in [5.74, 6) is 0.203. The zero-order valence-corrected chi connectivity index (χ0v) is 20.4. The highest BCUT2D eigenvalue weighted by atomic mass is 16.6. The Hall–Kier alpha value is -4.91. The highest BCUT2D eigenvalue weighted by Crippen LogP contribution is 2.38. The molecule has 0 aliphatic heterocycles. The van der Waals surface area contributed by atoms with Gasteiger partial charge in [-0.3, -0.25) is 14.9 Å². The molecule has 7 heteroatoms. The van der Waals surface area contributed by atoms with Crippen LogP contribution < -0.4 is 10.1 Å². The average Bonchev–Trinajstić information content (AvgIpc) is 3.31. The number of rotatable bonds is 7. The van der Waals surface area contributed by atoms with Crippen molar-refractivity contribution in [1.82, 2.24) is 0 Å². The summed E-state index contributed by atoms with van der Waals surface area (Å²) in [5.41, 5.74) is 4.34. The second kappa shape index (κ2) is 9.99. The maximum atomic E-state index is 12.8. The first kappa shape index (κ1) is 23.8. The molecule has 0 spiro atoms. The monoisotopic (exact) mass is 492 g/mol. The summed E-state index contributed by atoms with van der Waals surface area (Å²) >= 11 is 0. The van der Waals surface area contributed by atoms with Crippen LogP contribution in [0.1, 0.15) is 19.4 Å². The third-order valence-corrected chi connectivity index (χ3v) is 6.13. The fourth-order valence-electron chi connectivity index (χ4n) is 4.37. The molecule has 1 amide bonds. The second-order valence-corrected chi connectivity index (χ2v) is 8.61. The van der Waals surface area contributed by atoms with Crippen LogP contribution in [0.2, 0.25) is 0 Å². The first-order valence-electron chi connectivity index (χ1n) is 11.8. The van der Waals surface area contributed by atoms with Crippen molar-refractivity contribution in [1.29, 1.82) is 0 Å². The van der Waals surface area contributed by atoms with E-state index in [2.05, 4.69) is 35.6 Å². The van der Waals surface area contributed by atoms with Crippen molar-refractivity contribution in [3.63, 3.8) is 0 Å². The second-order valence-electron chi connectivity index (χ2n) is 8.61. The summed E-state index contributed by atoms with van der Waals surface area (Å²) in [5, 5.41) is 16.9. The van der Waals surface area contributed by atoms with Crippen LogP contribution in [0.4, 0.5) is 11.4 Å². The molecule has 1 N–H and O–H groups in total. The van der Waals surface area contributed by atoms with Crippen LogP contribution in [0, 0.1) is 10.1 Å².